The number of hydrogen-bond donors (Lipinski definition) is 2. The van der Waals surface area contributed by atoms with Gasteiger partial charge in [0.05, 0.1) is 4.92 Å². The minimum atomic E-state index is -0.426. The molecule has 0 aromatic heterocycles. The van der Waals surface area contributed by atoms with Gasteiger partial charge in [-0.25, -0.2) is 0 Å². The van der Waals surface area contributed by atoms with Gasteiger partial charge in [0.15, 0.2) is 0 Å². The Bertz CT molecular complexity index is 500. The number of amides is 1. The van der Waals surface area contributed by atoms with Gasteiger partial charge in [0, 0.05) is 23.2 Å². The maximum atomic E-state index is 11.9. The summed E-state index contributed by atoms with van der Waals surface area (Å²) in [6, 6.07) is 3.10. The molecule has 0 fully saturated rings. The van der Waals surface area contributed by atoms with Crippen LogP contribution in [0.3, 0.4) is 0 Å². The molecular weight excluding hydrogens is 246 g/mol. The fourth-order valence-electron chi connectivity index (χ4n) is 1.77. The number of carbonyl (C=O) groups is 1. The average molecular weight is 265 g/mol. The van der Waals surface area contributed by atoms with E-state index in [0.29, 0.717) is 29.8 Å². The Kier molecular flexibility index (Phi) is 5.00. The molecule has 3 N–H and O–H groups in total. The van der Waals surface area contributed by atoms with E-state index in [4.69, 9.17) is 5.73 Å². The summed E-state index contributed by atoms with van der Waals surface area (Å²) < 4.78 is 0. The first-order valence-corrected chi connectivity index (χ1v) is 6.13. The van der Waals surface area contributed by atoms with Crippen LogP contribution < -0.4 is 11.1 Å². The molecule has 0 aliphatic heterocycles. The van der Waals surface area contributed by atoms with Gasteiger partial charge >= 0.3 is 0 Å². The molecule has 6 nitrogen and oxygen atoms in total. The molecule has 1 aromatic carbocycles. The van der Waals surface area contributed by atoms with Crippen molar-refractivity contribution >= 4 is 17.3 Å². The highest BCUT2D eigenvalue weighted by Gasteiger charge is 2.17. The van der Waals surface area contributed by atoms with E-state index in [1.54, 1.807) is 26.8 Å². The minimum absolute atomic E-state index is 0.0607. The molecular formula is C13H19N3O3. The molecule has 104 valence electrons. The van der Waals surface area contributed by atoms with Gasteiger partial charge in [-0.1, -0.05) is 6.92 Å². The van der Waals surface area contributed by atoms with Gasteiger partial charge in [-0.15, -0.1) is 0 Å². The lowest BCUT2D eigenvalue weighted by Crippen LogP contribution is -2.23. The lowest BCUT2D eigenvalue weighted by atomic mass is 10.1. The van der Waals surface area contributed by atoms with Crippen LogP contribution in [0.4, 0.5) is 11.4 Å². The van der Waals surface area contributed by atoms with E-state index in [2.05, 4.69) is 5.32 Å². The Balaban J connectivity index is 2.94. The van der Waals surface area contributed by atoms with Gasteiger partial charge in [-0.2, -0.15) is 0 Å². The largest absolute Gasteiger partial charge is 0.330 e. The van der Waals surface area contributed by atoms with Gasteiger partial charge in [0.25, 0.3) is 5.69 Å². The molecule has 0 aliphatic carbocycles. The van der Waals surface area contributed by atoms with E-state index < -0.39 is 4.92 Å². The molecule has 0 heterocycles. The predicted octanol–water partition coefficient (Wildman–Crippen LogP) is 2.14. The maximum absolute atomic E-state index is 11.9. The first-order valence-electron chi connectivity index (χ1n) is 6.13. The van der Waals surface area contributed by atoms with Gasteiger partial charge in [0.2, 0.25) is 5.91 Å². The second-order valence-corrected chi connectivity index (χ2v) is 4.68. The summed E-state index contributed by atoms with van der Waals surface area (Å²) in [6.45, 7) is 5.63. The van der Waals surface area contributed by atoms with Crippen molar-refractivity contribution in [2.75, 3.05) is 11.9 Å². The summed E-state index contributed by atoms with van der Waals surface area (Å²) in [5.41, 5.74) is 7.28. The summed E-state index contributed by atoms with van der Waals surface area (Å²) in [5.74, 6) is -0.304. The zero-order chi connectivity index (χ0) is 14.6. The second kappa shape index (κ2) is 6.29. The highest BCUT2D eigenvalue weighted by molar-refractivity contribution is 5.93. The Morgan fingerprint density at radius 2 is 2.05 bits per heavy atom. The van der Waals surface area contributed by atoms with Crippen molar-refractivity contribution in [3.8, 4) is 0 Å². The third kappa shape index (κ3) is 3.75. The van der Waals surface area contributed by atoms with E-state index in [1.165, 1.54) is 6.07 Å². The first kappa shape index (κ1) is 15.1. The zero-order valence-electron chi connectivity index (χ0n) is 11.4. The van der Waals surface area contributed by atoms with E-state index in [-0.39, 0.29) is 17.5 Å². The quantitative estimate of drug-likeness (QED) is 0.629. The summed E-state index contributed by atoms with van der Waals surface area (Å²) in [6.07, 6.45) is 0.608. The fraction of sp³-hybridized carbons (Fsp3) is 0.462. The van der Waals surface area contributed by atoms with E-state index >= 15 is 0 Å². The number of nitro groups is 1. The molecule has 1 rings (SSSR count). The maximum Gasteiger partial charge on any atom is 0.272 e. The molecule has 1 atom stereocenters. The van der Waals surface area contributed by atoms with Crippen molar-refractivity contribution in [2.24, 2.45) is 11.7 Å². The summed E-state index contributed by atoms with van der Waals surface area (Å²) in [7, 11) is 0. The number of hydrogen-bond acceptors (Lipinski definition) is 4. The van der Waals surface area contributed by atoms with Crippen LogP contribution in [0.2, 0.25) is 0 Å². The van der Waals surface area contributed by atoms with Gasteiger partial charge in [-0.05, 0) is 38.4 Å². The molecule has 0 aliphatic rings. The van der Waals surface area contributed by atoms with Gasteiger partial charge < -0.3 is 11.1 Å². The SMILES string of the molecule is Cc1cc([N+](=O)[O-])c(C)cc1NC(=O)C(C)CCN. The number of nitrogens with one attached hydrogen (secondary N) is 1. The number of anilines is 1. The van der Waals surface area contributed by atoms with Crippen LogP contribution >= 0.6 is 0 Å². The molecule has 19 heavy (non-hydrogen) atoms. The Morgan fingerprint density at radius 3 is 2.58 bits per heavy atom. The summed E-state index contributed by atoms with van der Waals surface area (Å²) in [5, 5.41) is 13.6. The van der Waals surface area contributed by atoms with Crippen molar-refractivity contribution in [2.45, 2.75) is 27.2 Å². The van der Waals surface area contributed by atoms with Gasteiger partial charge in [0.1, 0.15) is 0 Å². The average Bonchev–Trinajstić information content (AvgIpc) is 2.33. The number of nitrogens with two attached hydrogens (primary N) is 1. The highest BCUT2D eigenvalue weighted by Crippen LogP contribution is 2.26. The van der Waals surface area contributed by atoms with Crippen molar-refractivity contribution in [1.82, 2.24) is 0 Å². The van der Waals surface area contributed by atoms with Crippen molar-refractivity contribution in [3.05, 3.63) is 33.4 Å². The zero-order valence-corrected chi connectivity index (χ0v) is 11.4. The molecule has 0 saturated carbocycles. The molecule has 1 amide bonds. The van der Waals surface area contributed by atoms with E-state index in [1.807, 2.05) is 0 Å². The van der Waals surface area contributed by atoms with Crippen LogP contribution in [-0.4, -0.2) is 17.4 Å². The number of nitrogens with zero attached hydrogens (tertiary/aromatic N) is 1. The molecule has 1 unspecified atom stereocenters. The predicted molar refractivity (Wildman–Crippen MR) is 74.0 cm³/mol. The molecule has 0 bridgehead atoms. The van der Waals surface area contributed by atoms with E-state index in [0.717, 1.165) is 0 Å². The number of nitro benzene ring substituents is 1. The Labute approximate surface area is 112 Å². The van der Waals surface area contributed by atoms with Crippen molar-refractivity contribution in [1.29, 1.82) is 0 Å². The summed E-state index contributed by atoms with van der Waals surface area (Å²) in [4.78, 5) is 22.3. The topological polar surface area (TPSA) is 98.3 Å². The van der Waals surface area contributed by atoms with Crippen LogP contribution in [0.5, 0.6) is 0 Å². The molecule has 0 spiro atoms. The van der Waals surface area contributed by atoms with Crippen molar-refractivity contribution in [3.63, 3.8) is 0 Å². The third-order valence-electron chi connectivity index (χ3n) is 3.04. The Hall–Kier alpha value is -1.95. The van der Waals surface area contributed by atoms with Crippen molar-refractivity contribution < 1.29 is 9.72 Å². The lowest BCUT2D eigenvalue weighted by molar-refractivity contribution is -0.385. The lowest BCUT2D eigenvalue weighted by Gasteiger charge is -2.13. The van der Waals surface area contributed by atoms with Crippen LogP contribution in [0, 0.1) is 29.9 Å². The fourth-order valence-corrected chi connectivity index (χ4v) is 1.77. The van der Waals surface area contributed by atoms with Crippen LogP contribution in [0.15, 0.2) is 12.1 Å². The molecule has 1 aromatic rings. The van der Waals surface area contributed by atoms with Crippen LogP contribution in [0.1, 0.15) is 24.5 Å². The molecule has 0 radical (unpaired) electrons. The first-order chi connectivity index (χ1) is 8.86. The monoisotopic (exact) mass is 265 g/mol. The normalized spacial score (nSPS) is 12.0. The third-order valence-corrected chi connectivity index (χ3v) is 3.04. The Morgan fingerprint density at radius 1 is 1.42 bits per heavy atom. The standard InChI is InChI=1S/C13H19N3O3/c1-8(4-5-14)13(17)15-11-6-10(3)12(16(18)19)7-9(11)2/h6-8H,4-5,14H2,1-3H3,(H,15,17). The van der Waals surface area contributed by atoms with E-state index in [9.17, 15) is 14.9 Å². The molecule has 6 heteroatoms. The minimum Gasteiger partial charge on any atom is -0.330 e. The number of benzene rings is 1. The number of aryl methyl sites for hydroxylation is 2. The van der Waals surface area contributed by atoms with Crippen LogP contribution in [-0.2, 0) is 4.79 Å². The van der Waals surface area contributed by atoms with Gasteiger partial charge in [-0.3, -0.25) is 14.9 Å². The molecule has 0 saturated heterocycles. The summed E-state index contributed by atoms with van der Waals surface area (Å²) >= 11 is 0. The smallest absolute Gasteiger partial charge is 0.272 e. The number of rotatable bonds is 5. The number of carbonyl (C=O) groups excluding carboxylic acids is 1. The second-order valence-electron chi connectivity index (χ2n) is 4.68. The highest BCUT2D eigenvalue weighted by atomic mass is 16.6. The van der Waals surface area contributed by atoms with Crippen LogP contribution in [0.25, 0.3) is 0 Å².